The molecule has 1 saturated carbocycles. The molecule has 0 heterocycles. The van der Waals surface area contributed by atoms with E-state index >= 15 is 0 Å². The van der Waals surface area contributed by atoms with Crippen molar-refractivity contribution in [2.24, 2.45) is 0 Å². The van der Waals surface area contributed by atoms with E-state index in [-0.39, 0.29) is 12.2 Å². The average molecular weight is 306 g/mol. The minimum Gasteiger partial charge on any atom is -0.486 e. The molecule has 88 valence electrons. The summed E-state index contributed by atoms with van der Waals surface area (Å²) in [6, 6.07) is 5.81. The highest BCUT2D eigenvalue weighted by molar-refractivity contribution is 9.09. The number of ether oxygens (including phenoxy) is 2. The lowest BCUT2D eigenvalue weighted by Crippen LogP contribution is -2.51. The number of alkyl halides is 1. The molecule has 0 spiro atoms. The Hall–Kier alpha value is -0.250. The molecule has 1 aromatic rings. The molecule has 16 heavy (non-hydrogen) atoms. The summed E-state index contributed by atoms with van der Waals surface area (Å²) >= 11 is 9.64. The summed E-state index contributed by atoms with van der Waals surface area (Å²) in [5.74, 6) is 0.735. The van der Waals surface area contributed by atoms with E-state index in [4.69, 9.17) is 21.1 Å². The first kappa shape index (κ1) is 12.2. The van der Waals surface area contributed by atoms with E-state index in [0.29, 0.717) is 9.85 Å². The second-order valence-corrected chi connectivity index (χ2v) is 5.63. The van der Waals surface area contributed by atoms with Crippen LogP contribution in [0.25, 0.3) is 0 Å². The van der Waals surface area contributed by atoms with E-state index in [0.717, 1.165) is 17.7 Å². The van der Waals surface area contributed by atoms with Crippen molar-refractivity contribution in [3.05, 3.63) is 28.8 Å². The molecule has 0 N–H and O–H groups in total. The van der Waals surface area contributed by atoms with Gasteiger partial charge in [0.05, 0.1) is 5.02 Å². The lowest BCUT2D eigenvalue weighted by molar-refractivity contribution is -0.0544. The quantitative estimate of drug-likeness (QED) is 0.795. The molecule has 0 aromatic heterocycles. The zero-order valence-corrected chi connectivity index (χ0v) is 11.6. The third-order valence-electron chi connectivity index (χ3n) is 2.82. The summed E-state index contributed by atoms with van der Waals surface area (Å²) in [5.41, 5.74) is 1.13. The van der Waals surface area contributed by atoms with Crippen LogP contribution in [0.1, 0.15) is 12.0 Å². The third kappa shape index (κ3) is 2.36. The number of methoxy groups -OCH3 is 1. The Balaban J connectivity index is 2.04. The summed E-state index contributed by atoms with van der Waals surface area (Å²) in [4.78, 5) is 0.381. The first-order chi connectivity index (χ1) is 7.61. The van der Waals surface area contributed by atoms with Crippen molar-refractivity contribution in [2.45, 2.75) is 30.4 Å². The predicted molar refractivity (Wildman–Crippen MR) is 68.7 cm³/mol. The Morgan fingerprint density at radius 2 is 2.19 bits per heavy atom. The number of hydrogen-bond acceptors (Lipinski definition) is 2. The van der Waals surface area contributed by atoms with E-state index in [2.05, 4.69) is 15.9 Å². The minimum atomic E-state index is 0.0922. The van der Waals surface area contributed by atoms with Crippen LogP contribution in [0.2, 0.25) is 5.02 Å². The zero-order chi connectivity index (χ0) is 11.7. The van der Waals surface area contributed by atoms with Crippen LogP contribution in [-0.4, -0.2) is 24.1 Å². The van der Waals surface area contributed by atoms with Crippen molar-refractivity contribution in [1.29, 1.82) is 0 Å². The molecule has 0 saturated heterocycles. The van der Waals surface area contributed by atoms with Crippen molar-refractivity contribution >= 4 is 27.5 Å². The van der Waals surface area contributed by atoms with E-state index in [1.807, 2.05) is 25.1 Å². The molecule has 1 aromatic carbocycles. The minimum absolute atomic E-state index is 0.0922. The third-order valence-corrected chi connectivity index (χ3v) is 4.01. The van der Waals surface area contributed by atoms with Crippen LogP contribution in [-0.2, 0) is 4.74 Å². The first-order valence-corrected chi connectivity index (χ1v) is 6.51. The van der Waals surface area contributed by atoms with Crippen LogP contribution in [0, 0.1) is 6.92 Å². The van der Waals surface area contributed by atoms with Crippen LogP contribution in [0.5, 0.6) is 5.75 Å². The average Bonchev–Trinajstić information content (AvgIpc) is 2.21. The highest BCUT2D eigenvalue weighted by Gasteiger charge is 2.41. The summed E-state index contributed by atoms with van der Waals surface area (Å²) in [5, 5.41) is 0.660. The van der Waals surface area contributed by atoms with Crippen LogP contribution in [0.3, 0.4) is 0 Å². The number of aryl methyl sites for hydroxylation is 1. The van der Waals surface area contributed by atoms with Gasteiger partial charge in [0.1, 0.15) is 18.0 Å². The molecule has 0 amide bonds. The molecule has 4 heteroatoms. The topological polar surface area (TPSA) is 18.5 Å². The van der Waals surface area contributed by atoms with Gasteiger partial charge in [-0.2, -0.15) is 0 Å². The highest BCUT2D eigenvalue weighted by atomic mass is 79.9. The molecule has 1 aliphatic rings. The molecule has 0 bridgehead atoms. The standard InChI is InChI=1S/C12H14BrClO2/c1-7-3-4-10(9(14)5-7)16-11-6-8(13)12(11)15-2/h3-5,8,11-12H,6H2,1-2H3. The SMILES string of the molecule is COC1C(Br)CC1Oc1ccc(C)cc1Cl. The predicted octanol–water partition coefficient (Wildman–Crippen LogP) is 3.58. The molecule has 2 rings (SSSR count). The maximum absolute atomic E-state index is 6.10. The number of rotatable bonds is 3. The molecule has 0 aliphatic heterocycles. The second-order valence-electron chi connectivity index (χ2n) is 4.04. The number of hydrogen-bond donors (Lipinski definition) is 0. The van der Waals surface area contributed by atoms with Gasteiger partial charge < -0.3 is 9.47 Å². The fourth-order valence-electron chi connectivity index (χ4n) is 1.81. The highest BCUT2D eigenvalue weighted by Crippen LogP contribution is 2.36. The zero-order valence-electron chi connectivity index (χ0n) is 9.24. The Morgan fingerprint density at radius 1 is 1.44 bits per heavy atom. The van der Waals surface area contributed by atoms with Crippen molar-refractivity contribution in [3.63, 3.8) is 0 Å². The van der Waals surface area contributed by atoms with Gasteiger partial charge in [0, 0.05) is 18.4 Å². The van der Waals surface area contributed by atoms with Crippen LogP contribution < -0.4 is 4.74 Å². The normalized spacial score (nSPS) is 28.6. The van der Waals surface area contributed by atoms with Crippen molar-refractivity contribution < 1.29 is 9.47 Å². The number of benzene rings is 1. The molecule has 2 nitrogen and oxygen atoms in total. The lowest BCUT2D eigenvalue weighted by Gasteiger charge is -2.40. The molecular weight excluding hydrogens is 291 g/mol. The molecule has 3 unspecified atom stereocenters. The molecule has 1 aliphatic carbocycles. The number of halogens is 2. The summed E-state index contributed by atoms with van der Waals surface area (Å²) in [6.07, 6.45) is 1.15. The van der Waals surface area contributed by atoms with Gasteiger partial charge in [-0.05, 0) is 24.6 Å². The molecular formula is C12H14BrClO2. The van der Waals surface area contributed by atoms with Gasteiger partial charge in [-0.3, -0.25) is 0 Å². The van der Waals surface area contributed by atoms with E-state index in [1.54, 1.807) is 7.11 Å². The van der Waals surface area contributed by atoms with Crippen LogP contribution >= 0.6 is 27.5 Å². The monoisotopic (exact) mass is 304 g/mol. The van der Waals surface area contributed by atoms with Crippen LogP contribution in [0.15, 0.2) is 18.2 Å². The fraction of sp³-hybridized carbons (Fsp3) is 0.500. The van der Waals surface area contributed by atoms with E-state index in [1.165, 1.54) is 0 Å². The Morgan fingerprint density at radius 3 is 2.75 bits per heavy atom. The Bertz CT molecular complexity index is 383. The largest absolute Gasteiger partial charge is 0.486 e. The smallest absolute Gasteiger partial charge is 0.138 e. The van der Waals surface area contributed by atoms with E-state index < -0.39 is 0 Å². The van der Waals surface area contributed by atoms with Gasteiger partial charge >= 0.3 is 0 Å². The second kappa shape index (κ2) is 4.94. The summed E-state index contributed by atoms with van der Waals surface area (Å²) in [6.45, 7) is 2.01. The van der Waals surface area contributed by atoms with Gasteiger partial charge in [-0.1, -0.05) is 33.6 Å². The van der Waals surface area contributed by atoms with Gasteiger partial charge in [-0.25, -0.2) is 0 Å². The van der Waals surface area contributed by atoms with Crippen LogP contribution in [0.4, 0.5) is 0 Å². The molecule has 0 radical (unpaired) electrons. The van der Waals surface area contributed by atoms with E-state index in [9.17, 15) is 0 Å². The maximum Gasteiger partial charge on any atom is 0.138 e. The fourth-order valence-corrected chi connectivity index (χ4v) is 3.01. The van der Waals surface area contributed by atoms with Gasteiger partial charge in [0.2, 0.25) is 0 Å². The van der Waals surface area contributed by atoms with Crippen molar-refractivity contribution in [1.82, 2.24) is 0 Å². The van der Waals surface area contributed by atoms with Gasteiger partial charge in [0.15, 0.2) is 0 Å². The first-order valence-electron chi connectivity index (χ1n) is 5.21. The van der Waals surface area contributed by atoms with Gasteiger partial charge in [-0.15, -0.1) is 0 Å². The van der Waals surface area contributed by atoms with Gasteiger partial charge in [0.25, 0.3) is 0 Å². The Labute approximate surface area is 109 Å². The summed E-state index contributed by atoms with van der Waals surface area (Å²) < 4.78 is 11.2. The lowest BCUT2D eigenvalue weighted by atomic mass is 9.91. The summed E-state index contributed by atoms with van der Waals surface area (Å²) in [7, 11) is 1.70. The van der Waals surface area contributed by atoms with Crippen molar-refractivity contribution in [3.8, 4) is 5.75 Å². The molecule has 3 atom stereocenters. The van der Waals surface area contributed by atoms with Crippen molar-refractivity contribution in [2.75, 3.05) is 7.11 Å². The molecule has 1 fully saturated rings. The Kier molecular flexibility index (Phi) is 3.77. The maximum atomic E-state index is 6.10.